The van der Waals surface area contributed by atoms with Crippen LogP contribution in [0, 0.1) is 5.92 Å². The van der Waals surface area contributed by atoms with Gasteiger partial charge < -0.3 is 14.2 Å². The predicted molar refractivity (Wildman–Crippen MR) is 91.5 cm³/mol. The van der Waals surface area contributed by atoms with Crippen molar-refractivity contribution in [3.05, 3.63) is 41.1 Å². The minimum atomic E-state index is -0.692. The predicted octanol–water partition coefficient (Wildman–Crippen LogP) is 2.63. The molecule has 2 heterocycles. The van der Waals surface area contributed by atoms with Crippen LogP contribution in [-0.2, 0) is 19.1 Å². The first-order valence-electron chi connectivity index (χ1n) is 8.22. The first-order valence-corrected chi connectivity index (χ1v) is 8.22. The van der Waals surface area contributed by atoms with Gasteiger partial charge in [0.2, 0.25) is 0 Å². The second-order valence-electron chi connectivity index (χ2n) is 6.37. The van der Waals surface area contributed by atoms with Gasteiger partial charge in [-0.15, -0.1) is 0 Å². The third-order valence-electron chi connectivity index (χ3n) is 4.36. The number of carbonyl (C=O) groups is 2. The fourth-order valence-corrected chi connectivity index (χ4v) is 3.37. The van der Waals surface area contributed by atoms with Gasteiger partial charge in [0.25, 0.3) is 0 Å². The van der Waals surface area contributed by atoms with Crippen LogP contribution in [0.25, 0.3) is 0 Å². The molecule has 132 valence electrons. The van der Waals surface area contributed by atoms with E-state index >= 15 is 0 Å². The van der Waals surface area contributed by atoms with Crippen LogP contribution in [0.1, 0.15) is 32.3 Å². The van der Waals surface area contributed by atoms with Crippen LogP contribution in [0.4, 0.5) is 0 Å². The number of benzene rings is 1. The molecule has 6 heteroatoms. The zero-order chi connectivity index (χ0) is 18.1. The normalized spacial score (nSPS) is 22.4. The highest BCUT2D eigenvalue weighted by Crippen LogP contribution is 2.45. The second-order valence-corrected chi connectivity index (χ2v) is 6.37. The van der Waals surface area contributed by atoms with Gasteiger partial charge in [-0.25, -0.2) is 4.79 Å². The van der Waals surface area contributed by atoms with Gasteiger partial charge in [0, 0.05) is 17.2 Å². The van der Waals surface area contributed by atoms with Crippen molar-refractivity contribution >= 4 is 17.7 Å². The van der Waals surface area contributed by atoms with Crippen molar-refractivity contribution < 1.29 is 23.8 Å². The molecule has 0 aliphatic carbocycles. The van der Waals surface area contributed by atoms with E-state index in [-0.39, 0.29) is 12.7 Å². The third kappa shape index (κ3) is 3.04. The molecule has 3 rings (SSSR count). The van der Waals surface area contributed by atoms with Crippen LogP contribution in [0.2, 0.25) is 0 Å². The van der Waals surface area contributed by atoms with E-state index in [0.717, 1.165) is 5.56 Å². The first-order chi connectivity index (χ1) is 11.9. The molecular formula is C19H21NO5. The van der Waals surface area contributed by atoms with Gasteiger partial charge >= 0.3 is 11.9 Å². The average Bonchev–Trinajstić information content (AvgIpc) is 2.93. The Hall–Kier alpha value is -2.63. The zero-order valence-electron chi connectivity index (χ0n) is 14.7. The number of nitrogens with zero attached hydrogens (tertiary/aromatic N) is 1. The van der Waals surface area contributed by atoms with Crippen molar-refractivity contribution in [2.24, 2.45) is 10.9 Å². The van der Waals surface area contributed by atoms with Crippen molar-refractivity contribution in [1.82, 2.24) is 0 Å². The Bertz CT molecular complexity index is 778. The molecule has 6 nitrogen and oxygen atoms in total. The standard InChI is InChI=1S/C19H21NO5/c1-10(2)25-19(22)15-11(3)20-13-9-24-18(21)17(13)16(15)12-7-5-6-8-14(12)23-4/h5-8,10,15-16H,9H2,1-4H3. The summed E-state index contributed by atoms with van der Waals surface area (Å²) in [6.07, 6.45) is -0.260. The number of aliphatic imine (C=N–C) groups is 1. The number of rotatable bonds is 4. The molecule has 2 unspecified atom stereocenters. The number of methoxy groups -OCH3 is 1. The van der Waals surface area contributed by atoms with Crippen LogP contribution in [0.15, 0.2) is 40.5 Å². The van der Waals surface area contributed by atoms with Crippen LogP contribution in [0.3, 0.4) is 0 Å². The summed E-state index contributed by atoms with van der Waals surface area (Å²) in [6.45, 7) is 5.49. The molecule has 0 radical (unpaired) electrons. The number of hydrogen-bond acceptors (Lipinski definition) is 6. The number of cyclic esters (lactones) is 1. The Morgan fingerprint density at radius 2 is 2.04 bits per heavy atom. The maximum Gasteiger partial charge on any atom is 0.337 e. The molecule has 0 N–H and O–H groups in total. The summed E-state index contributed by atoms with van der Waals surface area (Å²) in [4.78, 5) is 29.6. The van der Waals surface area contributed by atoms with E-state index in [4.69, 9.17) is 14.2 Å². The minimum Gasteiger partial charge on any atom is -0.496 e. The Morgan fingerprint density at radius 3 is 2.72 bits per heavy atom. The van der Waals surface area contributed by atoms with Gasteiger partial charge in [-0.2, -0.15) is 0 Å². The molecule has 25 heavy (non-hydrogen) atoms. The number of ether oxygens (including phenoxy) is 3. The lowest BCUT2D eigenvalue weighted by Gasteiger charge is -2.30. The third-order valence-corrected chi connectivity index (χ3v) is 4.36. The Morgan fingerprint density at radius 1 is 1.32 bits per heavy atom. The van der Waals surface area contributed by atoms with E-state index in [1.54, 1.807) is 27.9 Å². The molecule has 2 aliphatic rings. The Kier molecular flexibility index (Phi) is 4.61. The molecular weight excluding hydrogens is 322 g/mol. The lowest BCUT2D eigenvalue weighted by Crippen LogP contribution is -2.36. The van der Waals surface area contributed by atoms with E-state index < -0.39 is 23.8 Å². The van der Waals surface area contributed by atoms with Crippen LogP contribution >= 0.6 is 0 Å². The number of para-hydroxylation sites is 1. The summed E-state index contributed by atoms with van der Waals surface area (Å²) in [5.74, 6) is -1.47. The van der Waals surface area contributed by atoms with Gasteiger partial charge in [-0.05, 0) is 26.8 Å². The molecule has 0 fully saturated rings. The SMILES string of the molecule is COc1ccccc1C1C2=C(COC2=O)N=C(C)C1C(=O)OC(C)C. The largest absolute Gasteiger partial charge is 0.496 e. The van der Waals surface area contributed by atoms with E-state index in [1.165, 1.54) is 0 Å². The number of esters is 2. The van der Waals surface area contributed by atoms with Crippen LogP contribution < -0.4 is 4.74 Å². The lowest BCUT2D eigenvalue weighted by atomic mass is 9.75. The highest BCUT2D eigenvalue weighted by molar-refractivity contribution is 6.08. The van der Waals surface area contributed by atoms with Gasteiger partial charge in [0.1, 0.15) is 18.3 Å². The summed E-state index contributed by atoms with van der Waals surface area (Å²) in [5.41, 5.74) is 2.35. The Labute approximate surface area is 146 Å². The van der Waals surface area contributed by atoms with Gasteiger partial charge in [0.05, 0.1) is 24.5 Å². The van der Waals surface area contributed by atoms with Crippen LogP contribution in [-0.4, -0.2) is 37.5 Å². The van der Waals surface area contributed by atoms with Gasteiger partial charge in [-0.1, -0.05) is 18.2 Å². The van der Waals surface area contributed by atoms with Gasteiger partial charge in [0.15, 0.2) is 0 Å². The van der Waals surface area contributed by atoms with E-state index in [2.05, 4.69) is 4.99 Å². The van der Waals surface area contributed by atoms with E-state index in [1.807, 2.05) is 24.3 Å². The maximum atomic E-state index is 12.8. The molecule has 1 aromatic rings. The quantitative estimate of drug-likeness (QED) is 0.786. The molecule has 0 saturated carbocycles. The number of hydrogen-bond donors (Lipinski definition) is 0. The van der Waals surface area contributed by atoms with E-state index in [9.17, 15) is 9.59 Å². The second kappa shape index (κ2) is 6.70. The highest BCUT2D eigenvalue weighted by Gasteiger charge is 2.46. The summed E-state index contributed by atoms with van der Waals surface area (Å²) >= 11 is 0. The van der Waals surface area contributed by atoms with E-state index in [0.29, 0.717) is 22.7 Å². The number of carbonyl (C=O) groups excluding carboxylic acids is 2. The molecule has 1 aromatic carbocycles. The topological polar surface area (TPSA) is 74.2 Å². The first kappa shape index (κ1) is 17.2. The monoisotopic (exact) mass is 343 g/mol. The molecule has 0 saturated heterocycles. The molecule has 2 aliphatic heterocycles. The maximum absolute atomic E-state index is 12.8. The van der Waals surface area contributed by atoms with Gasteiger partial charge in [-0.3, -0.25) is 9.79 Å². The summed E-state index contributed by atoms with van der Waals surface area (Å²) in [6, 6.07) is 7.36. The van der Waals surface area contributed by atoms with Crippen molar-refractivity contribution in [3.8, 4) is 5.75 Å². The lowest BCUT2D eigenvalue weighted by molar-refractivity contribution is -0.150. The molecule has 0 aromatic heterocycles. The summed E-state index contributed by atoms with van der Waals surface area (Å²) in [7, 11) is 1.56. The fourth-order valence-electron chi connectivity index (χ4n) is 3.37. The molecule has 0 spiro atoms. The highest BCUT2D eigenvalue weighted by atomic mass is 16.5. The average molecular weight is 343 g/mol. The summed E-state index contributed by atoms with van der Waals surface area (Å²) in [5, 5.41) is 0. The zero-order valence-corrected chi connectivity index (χ0v) is 14.7. The fraction of sp³-hybridized carbons (Fsp3) is 0.421. The Balaban J connectivity index is 2.15. The van der Waals surface area contributed by atoms with Crippen molar-refractivity contribution in [1.29, 1.82) is 0 Å². The van der Waals surface area contributed by atoms with Crippen molar-refractivity contribution in [3.63, 3.8) is 0 Å². The molecule has 0 bridgehead atoms. The van der Waals surface area contributed by atoms with Crippen molar-refractivity contribution in [2.75, 3.05) is 13.7 Å². The van der Waals surface area contributed by atoms with Crippen molar-refractivity contribution in [2.45, 2.75) is 32.8 Å². The summed E-state index contributed by atoms with van der Waals surface area (Å²) < 4.78 is 16.1. The smallest absolute Gasteiger partial charge is 0.337 e. The minimum absolute atomic E-state index is 0.128. The van der Waals surface area contributed by atoms with Crippen LogP contribution in [0.5, 0.6) is 5.75 Å². The molecule has 0 amide bonds. The molecule has 2 atom stereocenters.